The smallest absolute Gasteiger partial charge is 0.143 e. The lowest BCUT2D eigenvalue weighted by Crippen LogP contribution is -1.74. The average molecular weight is 343 g/mol. The molecule has 3 heteroatoms. The Morgan fingerprint density at radius 1 is 0.600 bits per heavy atom. The van der Waals surface area contributed by atoms with Crippen LogP contribution in [0.1, 0.15) is 0 Å². The molecule has 2 nitrogen and oxygen atoms in total. The van der Waals surface area contributed by atoms with Crippen LogP contribution in [0.4, 0.5) is 0 Å². The van der Waals surface area contributed by atoms with Crippen molar-refractivity contribution in [1.29, 1.82) is 0 Å². The van der Waals surface area contributed by atoms with E-state index in [-0.39, 0.29) is 0 Å². The molecule has 2 heterocycles. The molecule has 0 fully saturated rings. The zero-order valence-electron chi connectivity index (χ0n) is 13.0. The van der Waals surface area contributed by atoms with E-state index in [0.717, 1.165) is 49.3 Å². The van der Waals surface area contributed by atoms with E-state index >= 15 is 0 Å². The third-order valence-electron chi connectivity index (χ3n) is 4.92. The van der Waals surface area contributed by atoms with Gasteiger partial charge in [-0.3, -0.25) is 0 Å². The Morgan fingerprint density at radius 3 is 2.28 bits per heavy atom. The summed E-state index contributed by atoms with van der Waals surface area (Å²) in [6.07, 6.45) is 0. The van der Waals surface area contributed by atoms with E-state index in [1.807, 2.05) is 42.5 Å². The number of furan rings is 2. The maximum Gasteiger partial charge on any atom is 0.143 e. The van der Waals surface area contributed by atoms with E-state index in [1.165, 1.54) is 5.39 Å². The molecule has 0 bridgehead atoms. The summed E-state index contributed by atoms with van der Waals surface area (Å²) < 4.78 is 12.3. The van der Waals surface area contributed by atoms with Gasteiger partial charge in [-0.1, -0.05) is 41.9 Å². The Kier molecular flexibility index (Phi) is 2.43. The third kappa shape index (κ3) is 1.70. The van der Waals surface area contributed by atoms with Gasteiger partial charge in [-0.05, 0) is 41.8 Å². The van der Waals surface area contributed by atoms with Crippen molar-refractivity contribution in [3.63, 3.8) is 0 Å². The summed E-state index contributed by atoms with van der Waals surface area (Å²) in [6.45, 7) is 0. The Balaban J connectivity index is 1.93. The Labute approximate surface area is 147 Å². The Bertz CT molecular complexity index is 1450. The van der Waals surface area contributed by atoms with E-state index in [2.05, 4.69) is 24.3 Å². The van der Waals surface area contributed by atoms with Crippen LogP contribution in [-0.4, -0.2) is 0 Å². The van der Waals surface area contributed by atoms with Crippen LogP contribution < -0.4 is 0 Å². The summed E-state index contributed by atoms with van der Waals surface area (Å²) in [7, 11) is 0. The van der Waals surface area contributed by atoms with Crippen molar-refractivity contribution in [3.05, 3.63) is 71.8 Å². The predicted octanol–water partition coefficient (Wildman–Crippen LogP) is 7.29. The second kappa shape index (κ2) is 4.56. The van der Waals surface area contributed by atoms with Crippen molar-refractivity contribution in [2.75, 3.05) is 0 Å². The topological polar surface area (TPSA) is 26.3 Å². The highest BCUT2D eigenvalue weighted by molar-refractivity contribution is 6.33. The van der Waals surface area contributed by atoms with Gasteiger partial charge in [0.05, 0.1) is 0 Å². The molecule has 6 rings (SSSR count). The number of fused-ring (bicyclic) bond motifs is 9. The number of hydrogen-bond donors (Lipinski definition) is 0. The van der Waals surface area contributed by atoms with E-state index in [1.54, 1.807) is 0 Å². The van der Waals surface area contributed by atoms with Gasteiger partial charge < -0.3 is 8.83 Å². The van der Waals surface area contributed by atoms with Gasteiger partial charge in [-0.15, -0.1) is 0 Å². The van der Waals surface area contributed by atoms with Crippen molar-refractivity contribution in [1.82, 2.24) is 0 Å². The maximum absolute atomic E-state index is 6.25. The summed E-state index contributed by atoms with van der Waals surface area (Å²) in [6, 6.07) is 22.2. The highest BCUT2D eigenvalue weighted by atomic mass is 35.5. The lowest BCUT2D eigenvalue weighted by Gasteiger charge is -1.98. The van der Waals surface area contributed by atoms with Gasteiger partial charge in [-0.25, -0.2) is 0 Å². The van der Waals surface area contributed by atoms with Gasteiger partial charge in [0.25, 0.3) is 0 Å². The second-order valence-corrected chi connectivity index (χ2v) is 6.76. The molecule has 0 aliphatic heterocycles. The fourth-order valence-electron chi connectivity index (χ4n) is 3.83. The highest BCUT2D eigenvalue weighted by Crippen LogP contribution is 2.42. The molecule has 2 aromatic heterocycles. The number of benzene rings is 4. The summed E-state index contributed by atoms with van der Waals surface area (Å²) in [4.78, 5) is 0. The van der Waals surface area contributed by atoms with Crippen LogP contribution >= 0.6 is 11.6 Å². The van der Waals surface area contributed by atoms with Crippen LogP contribution in [0.3, 0.4) is 0 Å². The third-order valence-corrected chi connectivity index (χ3v) is 5.16. The molecule has 0 atom stereocenters. The standard InChI is InChI=1S/C22H11ClO2/c23-13-6-8-17-16(11-13)21-18(24-17)9-10-19-20(21)15-7-5-12-3-1-2-4-14(12)22(15)25-19/h1-11H. The Morgan fingerprint density at radius 2 is 1.36 bits per heavy atom. The molecule has 4 aromatic carbocycles. The van der Waals surface area contributed by atoms with Crippen LogP contribution in [0.15, 0.2) is 75.6 Å². The van der Waals surface area contributed by atoms with Crippen LogP contribution in [0.25, 0.3) is 54.6 Å². The first-order valence-electron chi connectivity index (χ1n) is 8.14. The number of halogens is 1. The largest absolute Gasteiger partial charge is 0.456 e. The zero-order chi connectivity index (χ0) is 16.5. The van der Waals surface area contributed by atoms with E-state index in [4.69, 9.17) is 20.4 Å². The molecule has 0 N–H and O–H groups in total. The lowest BCUT2D eigenvalue weighted by atomic mass is 10.0. The van der Waals surface area contributed by atoms with Crippen LogP contribution in [-0.2, 0) is 0 Å². The summed E-state index contributed by atoms with van der Waals surface area (Å²) in [5, 5.41) is 7.25. The molecule has 6 aromatic rings. The molecule has 0 aliphatic carbocycles. The monoisotopic (exact) mass is 342 g/mol. The number of hydrogen-bond acceptors (Lipinski definition) is 2. The van der Waals surface area contributed by atoms with E-state index in [0.29, 0.717) is 5.02 Å². The van der Waals surface area contributed by atoms with Gasteiger partial charge in [0.2, 0.25) is 0 Å². The van der Waals surface area contributed by atoms with E-state index < -0.39 is 0 Å². The molecule has 0 spiro atoms. The van der Waals surface area contributed by atoms with Gasteiger partial charge in [0.1, 0.15) is 22.3 Å². The SMILES string of the molecule is Clc1ccc2oc3ccc4oc5c6ccccc6ccc5c4c3c2c1. The molecule has 0 unspecified atom stereocenters. The summed E-state index contributed by atoms with van der Waals surface area (Å²) in [5.74, 6) is 0. The molecule has 0 amide bonds. The van der Waals surface area contributed by atoms with Gasteiger partial charge >= 0.3 is 0 Å². The fraction of sp³-hybridized carbons (Fsp3) is 0. The number of rotatable bonds is 0. The molecule has 25 heavy (non-hydrogen) atoms. The first-order valence-corrected chi connectivity index (χ1v) is 8.52. The van der Waals surface area contributed by atoms with Crippen molar-refractivity contribution in [2.45, 2.75) is 0 Å². The lowest BCUT2D eigenvalue weighted by molar-refractivity contribution is 0.664. The molecule has 0 saturated heterocycles. The van der Waals surface area contributed by atoms with Gasteiger partial charge in [0, 0.05) is 32.0 Å². The van der Waals surface area contributed by atoms with Crippen molar-refractivity contribution in [2.24, 2.45) is 0 Å². The molecule has 0 saturated carbocycles. The second-order valence-electron chi connectivity index (χ2n) is 6.32. The molecular weight excluding hydrogens is 332 g/mol. The normalized spacial score (nSPS) is 12.2. The van der Waals surface area contributed by atoms with Crippen molar-refractivity contribution >= 4 is 66.3 Å². The molecule has 0 radical (unpaired) electrons. The highest BCUT2D eigenvalue weighted by Gasteiger charge is 2.17. The Hall–Kier alpha value is -2.97. The van der Waals surface area contributed by atoms with Gasteiger partial charge in [-0.2, -0.15) is 0 Å². The van der Waals surface area contributed by atoms with E-state index in [9.17, 15) is 0 Å². The van der Waals surface area contributed by atoms with Crippen molar-refractivity contribution in [3.8, 4) is 0 Å². The average Bonchev–Trinajstić information content (AvgIpc) is 3.19. The van der Waals surface area contributed by atoms with Gasteiger partial charge in [0.15, 0.2) is 0 Å². The molecular formula is C22H11ClO2. The predicted molar refractivity (Wildman–Crippen MR) is 104 cm³/mol. The maximum atomic E-state index is 6.25. The summed E-state index contributed by atoms with van der Waals surface area (Å²) >= 11 is 6.23. The molecule has 0 aliphatic rings. The van der Waals surface area contributed by atoms with Crippen LogP contribution in [0, 0.1) is 0 Å². The quantitative estimate of drug-likeness (QED) is 0.289. The summed E-state index contributed by atoms with van der Waals surface area (Å²) in [5.41, 5.74) is 3.46. The minimum absolute atomic E-state index is 0.699. The first-order chi connectivity index (χ1) is 12.3. The van der Waals surface area contributed by atoms with Crippen molar-refractivity contribution < 1.29 is 8.83 Å². The van der Waals surface area contributed by atoms with Crippen LogP contribution in [0.2, 0.25) is 5.02 Å². The minimum atomic E-state index is 0.699. The first kappa shape index (κ1) is 13.3. The fourth-order valence-corrected chi connectivity index (χ4v) is 4.01. The minimum Gasteiger partial charge on any atom is -0.456 e. The zero-order valence-corrected chi connectivity index (χ0v) is 13.8. The van der Waals surface area contributed by atoms with Crippen LogP contribution in [0.5, 0.6) is 0 Å². The molecule has 118 valence electrons.